The highest BCUT2D eigenvalue weighted by atomic mass is 19.3. The molecule has 2 aromatic heterocycles. The van der Waals surface area contributed by atoms with Crippen LogP contribution in [0.2, 0.25) is 0 Å². The van der Waals surface area contributed by atoms with Crippen LogP contribution in [-0.4, -0.2) is 39.7 Å². The zero-order valence-electron chi connectivity index (χ0n) is 16.1. The third-order valence-corrected chi connectivity index (χ3v) is 4.24. The number of hydrogen-bond acceptors (Lipinski definition) is 5. The number of methoxy groups -OCH3 is 1. The summed E-state index contributed by atoms with van der Waals surface area (Å²) in [7, 11) is 1.20. The maximum atomic E-state index is 13.3. The van der Waals surface area contributed by atoms with Gasteiger partial charge in [-0.3, -0.25) is 4.57 Å². The Hall–Kier alpha value is -3.37. The minimum atomic E-state index is -4.69. The number of pyridine rings is 1. The van der Waals surface area contributed by atoms with Crippen LogP contribution in [0.4, 0.5) is 17.6 Å². The molecule has 0 unspecified atom stereocenters. The lowest BCUT2D eigenvalue weighted by Gasteiger charge is -2.17. The largest absolute Gasteiger partial charge is 0.465 e. The van der Waals surface area contributed by atoms with Crippen molar-refractivity contribution < 1.29 is 31.8 Å². The van der Waals surface area contributed by atoms with Gasteiger partial charge in [0.2, 0.25) is 0 Å². The fourth-order valence-electron chi connectivity index (χ4n) is 2.95. The molecule has 3 aromatic rings. The Morgan fingerprint density at radius 1 is 1.20 bits per heavy atom. The highest BCUT2D eigenvalue weighted by Gasteiger charge is 2.44. The Bertz CT molecular complexity index is 1150. The van der Waals surface area contributed by atoms with Gasteiger partial charge in [-0.25, -0.2) is 19.1 Å². The number of fused-ring (bicyclic) bond motifs is 1. The summed E-state index contributed by atoms with van der Waals surface area (Å²) < 4.78 is 62.6. The van der Waals surface area contributed by atoms with E-state index in [2.05, 4.69) is 14.5 Å². The number of esters is 1. The number of imidazole rings is 1. The second-order valence-electron chi connectivity index (χ2n) is 6.60. The van der Waals surface area contributed by atoms with Crippen LogP contribution in [0.15, 0.2) is 41.3 Å². The summed E-state index contributed by atoms with van der Waals surface area (Å²) in [6, 6.07) is 5.87. The molecule has 0 bridgehead atoms. The van der Waals surface area contributed by atoms with Gasteiger partial charge in [-0.05, 0) is 32.0 Å². The molecule has 0 radical (unpaired) electrons. The normalized spacial score (nSPS) is 12.0. The molecule has 0 saturated carbocycles. The van der Waals surface area contributed by atoms with Crippen LogP contribution in [0.3, 0.4) is 0 Å². The highest BCUT2D eigenvalue weighted by Crippen LogP contribution is 2.29. The van der Waals surface area contributed by atoms with Crippen molar-refractivity contribution in [3.8, 4) is 11.4 Å². The van der Waals surface area contributed by atoms with Gasteiger partial charge in [0, 0.05) is 18.3 Å². The SMILES string of the molecule is COC(=O)c1cnc2c(c1)n(C(C)C)c(=O)n2-c1cccc(OC(F)(F)C(F)F)c1. The molecular formula is C19H17F4N3O4. The predicted molar refractivity (Wildman–Crippen MR) is 98.6 cm³/mol. The minimum Gasteiger partial charge on any atom is -0.465 e. The molecule has 0 amide bonds. The summed E-state index contributed by atoms with van der Waals surface area (Å²) in [5, 5.41) is 0. The molecule has 7 nitrogen and oxygen atoms in total. The first-order chi connectivity index (χ1) is 14.1. The Morgan fingerprint density at radius 2 is 1.90 bits per heavy atom. The molecule has 0 N–H and O–H groups in total. The fraction of sp³-hybridized carbons (Fsp3) is 0.316. The lowest BCUT2D eigenvalue weighted by molar-refractivity contribution is -0.253. The number of benzene rings is 1. The maximum absolute atomic E-state index is 13.3. The Morgan fingerprint density at radius 3 is 2.50 bits per heavy atom. The molecule has 3 rings (SSSR count). The molecule has 0 fully saturated rings. The summed E-state index contributed by atoms with van der Waals surface area (Å²) in [6.45, 7) is 3.47. The molecule has 1 aromatic carbocycles. The number of rotatable bonds is 6. The van der Waals surface area contributed by atoms with Crippen LogP contribution in [0.1, 0.15) is 30.2 Å². The van der Waals surface area contributed by atoms with Crippen molar-refractivity contribution in [2.45, 2.75) is 32.4 Å². The summed E-state index contributed by atoms with van der Waals surface area (Å²) in [4.78, 5) is 29.0. The molecule has 160 valence electrons. The van der Waals surface area contributed by atoms with E-state index in [1.165, 1.54) is 36.1 Å². The van der Waals surface area contributed by atoms with Crippen LogP contribution in [0.5, 0.6) is 5.75 Å². The maximum Gasteiger partial charge on any atom is 0.461 e. The van der Waals surface area contributed by atoms with Gasteiger partial charge in [0.05, 0.1) is 23.9 Å². The van der Waals surface area contributed by atoms with Crippen molar-refractivity contribution in [3.63, 3.8) is 0 Å². The number of ether oxygens (including phenoxy) is 2. The average Bonchev–Trinajstić information content (AvgIpc) is 2.98. The molecular weight excluding hydrogens is 410 g/mol. The van der Waals surface area contributed by atoms with Gasteiger partial charge in [0.15, 0.2) is 5.65 Å². The van der Waals surface area contributed by atoms with Gasteiger partial charge in [0.1, 0.15) is 5.75 Å². The molecule has 2 heterocycles. The van der Waals surface area contributed by atoms with Crippen LogP contribution in [0.25, 0.3) is 16.9 Å². The molecule has 0 saturated heterocycles. The monoisotopic (exact) mass is 427 g/mol. The van der Waals surface area contributed by atoms with Gasteiger partial charge in [0.25, 0.3) is 0 Å². The lowest BCUT2D eigenvalue weighted by Crippen LogP contribution is -2.33. The fourth-order valence-corrected chi connectivity index (χ4v) is 2.95. The van der Waals surface area contributed by atoms with Crippen molar-refractivity contribution in [3.05, 3.63) is 52.6 Å². The van der Waals surface area contributed by atoms with E-state index in [4.69, 9.17) is 0 Å². The Balaban J connectivity index is 2.20. The van der Waals surface area contributed by atoms with Crippen molar-refractivity contribution in [1.82, 2.24) is 14.1 Å². The van der Waals surface area contributed by atoms with Crippen molar-refractivity contribution in [2.24, 2.45) is 0 Å². The molecule has 0 atom stereocenters. The third-order valence-electron chi connectivity index (χ3n) is 4.24. The summed E-state index contributed by atoms with van der Waals surface area (Å²) in [6.07, 6.45) is -7.51. The lowest BCUT2D eigenvalue weighted by atomic mass is 10.2. The quantitative estimate of drug-likeness (QED) is 0.442. The highest BCUT2D eigenvalue weighted by molar-refractivity contribution is 5.92. The first-order valence-electron chi connectivity index (χ1n) is 8.73. The number of carbonyl (C=O) groups excluding carboxylic acids is 1. The molecule has 0 aliphatic heterocycles. The number of alkyl halides is 4. The van der Waals surface area contributed by atoms with Crippen molar-refractivity contribution in [1.29, 1.82) is 0 Å². The van der Waals surface area contributed by atoms with Gasteiger partial charge < -0.3 is 9.47 Å². The first-order valence-corrected chi connectivity index (χ1v) is 8.73. The number of carbonyl (C=O) groups is 1. The van der Waals surface area contributed by atoms with E-state index in [0.717, 1.165) is 16.7 Å². The van der Waals surface area contributed by atoms with Crippen LogP contribution < -0.4 is 10.4 Å². The van der Waals surface area contributed by atoms with E-state index in [-0.39, 0.29) is 22.9 Å². The van der Waals surface area contributed by atoms with E-state index >= 15 is 0 Å². The van der Waals surface area contributed by atoms with Crippen molar-refractivity contribution >= 4 is 17.1 Å². The smallest absolute Gasteiger partial charge is 0.461 e. The van der Waals surface area contributed by atoms with Gasteiger partial charge in [-0.1, -0.05) is 6.07 Å². The average molecular weight is 427 g/mol. The number of nitrogens with zero attached hydrogens (tertiary/aromatic N) is 3. The van der Waals surface area contributed by atoms with Gasteiger partial charge in [-0.2, -0.15) is 17.6 Å². The third kappa shape index (κ3) is 3.74. The second-order valence-corrected chi connectivity index (χ2v) is 6.60. The van der Waals surface area contributed by atoms with Crippen molar-refractivity contribution in [2.75, 3.05) is 7.11 Å². The standard InChI is InChI=1S/C19H17F4N3O4/c1-10(2)25-14-7-11(16(27)29-3)9-24-15(14)26(18(25)28)12-5-4-6-13(8-12)30-19(22,23)17(20)21/h4-10,17H,1-3H3. The van der Waals surface area contributed by atoms with Gasteiger partial charge >= 0.3 is 24.2 Å². The summed E-state index contributed by atoms with van der Waals surface area (Å²) in [5.41, 5.74) is 0.0732. The van der Waals surface area contributed by atoms with Crippen LogP contribution >= 0.6 is 0 Å². The van der Waals surface area contributed by atoms with E-state index < -0.39 is 29.9 Å². The van der Waals surface area contributed by atoms with E-state index in [9.17, 15) is 27.2 Å². The summed E-state index contributed by atoms with van der Waals surface area (Å²) >= 11 is 0. The summed E-state index contributed by atoms with van der Waals surface area (Å²) in [5.74, 6) is -1.20. The zero-order chi connectivity index (χ0) is 22.2. The van der Waals surface area contributed by atoms with Crippen LogP contribution in [0, 0.1) is 0 Å². The topological polar surface area (TPSA) is 75.4 Å². The first kappa shape index (κ1) is 21.3. The number of hydrogen-bond donors (Lipinski definition) is 0. The van der Waals surface area contributed by atoms with Crippen LogP contribution in [-0.2, 0) is 4.74 Å². The minimum absolute atomic E-state index is 0.0743. The number of aromatic nitrogens is 3. The number of halogens is 4. The molecule has 0 aliphatic carbocycles. The molecule has 0 spiro atoms. The Labute approximate surface area is 167 Å². The molecule has 11 heteroatoms. The van der Waals surface area contributed by atoms with E-state index in [1.54, 1.807) is 13.8 Å². The zero-order valence-corrected chi connectivity index (χ0v) is 16.1. The molecule has 0 aliphatic rings. The second kappa shape index (κ2) is 7.81. The predicted octanol–water partition coefficient (Wildman–Crippen LogP) is 3.79. The van der Waals surface area contributed by atoms with E-state index in [1.807, 2.05) is 0 Å². The Kier molecular flexibility index (Phi) is 5.55. The van der Waals surface area contributed by atoms with E-state index in [0.29, 0.717) is 5.52 Å². The van der Waals surface area contributed by atoms with Gasteiger partial charge in [-0.15, -0.1) is 0 Å². The molecule has 30 heavy (non-hydrogen) atoms.